The Morgan fingerprint density at radius 1 is 0.684 bits per heavy atom. The van der Waals surface area contributed by atoms with Gasteiger partial charge in [0.2, 0.25) is 0 Å². The molecular formula is C16H24Cl2Hf. The zero-order valence-corrected chi connectivity index (χ0v) is 17.0. The third-order valence-electron chi connectivity index (χ3n) is 22.6. The summed E-state index contributed by atoms with van der Waals surface area (Å²) in [6.07, 6.45) is 6.63. The summed E-state index contributed by atoms with van der Waals surface area (Å²) >= 11 is -3.41. The van der Waals surface area contributed by atoms with Crippen molar-refractivity contribution in [1.82, 2.24) is 0 Å². The molecule has 0 radical (unpaired) electrons. The van der Waals surface area contributed by atoms with Crippen LogP contribution in [-0.4, -0.2) is 0 Å². The Morgan fingerprint density at radius 3 is 1.26 bits per heavy atom. The van der Waals surface area contributed by atoms with E-state index in [-0.39, 0.29) is 24.8 Å². The van der Waals surface area contributed by atoms with Crippen LogP contribution in [0.25, 0.3) is 0 Å². The normalized spacial score (nSPS) is 111. The molecule has 0 amide bonds. The molecule has 10 rings (SSSR count). The standard InChI is InChI=1S/C11H17.C5H5.2ClH.Hf/c1-3-6-10-8-5-9-11(10)7-4-2;1-2-4-5-3-1;;;/h5,8-9H,3-4,6-7H2,1-2H3;1-5H;2*1H;. The number of halogens is 2. The van der Waals surface area contributed by atoms with Crippen LogP contribution in [0.2, 0.25) is 35.7 Å². The maximum absolute atomic E-state index is 3.41. The first-order valence-electron chi connectivity index (χ1n) is 9.09. The van der Waals surface area contributed by atoms with Gasteiger partial charge in [0.1, 0.15) is 0 Å². The Morgan fingerprint density at radius 2 is 1.05 bits per heavy atom. The Labute approximate surface area is 110 Å². The van der Waals surface area contributed by atoms with Gasteiger partial charge in [0.25, 0.3) is 0 Å². The molecule has 19 heavy (non-hydrogen) atoms. The molecule has 10 aliphatic heterocycles. The molecule has 10 aliphatic rings. The second-order valence-corrected chi connectivity index (χ2v) is 90.9. The number of hydrogen-bond acceptors (Lipinski definition) is 0. The maximum atomic E-state index is 2.51. The fraction of sp³-hybridized carbons (Fsp3) is 1.00. The van der Waals surface area contributed by atoms with Gasteiger partial charge in [-0.1, -0.05) is 0 Å². The van der Waals surface area contributed by atoms with E-state index < -0.39 is 11.2 Å². The van der Waals surface area contributed by atoms with Crippen LogP contribution in [0.15, 0.2) is 0 Å². The topological polar surface area (TPSA) is 0 Å². The average Bonchev–Trinajstić information content (AvgIpc) is 3.24. The molecule has 10 fully saturated rings. The molecule has 0 aliphatic carbocycles. The molecule has 0 bridgehead atoms. The van der Waals surface area contributed by atoms with Gasteiger partial charge < -0.3 is 0 Å². The van der Waals surface area contributed by atoms with Crippen LogP contribution in [0.1, 0.15) is 39.5 Å². The molecule has 10 heterocycles. The Bertz CT molecular complexity index is 883. The van der Waals surface area contributed by atoms with Gasteiger partial charge in [-0.15, -0.1) is 24.8 Å². The van der Waals surface area contributed by atoms with Crippen molar-refractivity contribution in [3.8, 4) is 0 Å². The van der Waals surface area contributed by atoms with E-state index in [1.165, 1.54) is 6.34 Å². The van der Waals surface area contributed by atoms with Gasteiger partial charge >= 0.3 is 86.4 Å². The Hall–Kier alpha value is 1.45. The maximum Gasteiger partial charge on any atom is -0.147 e. The molecule has 4 unspecified atom stereocenters. The van der Waals surface area contributed by atoms with E-state index in [0.29, 0.717) is 0 Å². The zero-order valence-electron chi connectivity index (χ0n) is 11.8. The molecular weight excluding hydrogens is 442 g/mol. The van der Waals surface area contributed by atoms with Gasteiger partial charge in [0.05, 0.1) is 0 Å². The average molecular weight is 466 g/mol. The van der Waals surface area contributed by atoms with Crippen molar-refractivity contribution in [1.29, 1.82) is 0 Å². The number of fused-ring (bicyclic) bond motifs is 10. The van der Waals surface area contributed by atoms with Crippen molar-refractivity contribution < 1.29 is 11.2 Å². The predicted molar refractivity (Wildman–Crippen MR) is 79.7 cm³/mol. The largest absolute Gasteiger partial charge is 0.147 e. The second-order valence-electron chi connectivity index (χ2n) is 14.7. The van der Waals surface area contributed by atoms with Crippen LogP contribution in [0.3, 0.4) is 0 Å². The SMILES string of the molecule is CCC[C]12[CH]3[CH]4[CH]5[C]1(CCC)[Hf]43521678[CH]2[CH]1[CH]6[CH]7[CH]28.Cl.Cl. The van der Waals surface area contributed by atoms with Crippen molar-refractivity contribution in [2.45, 2.75) is 75.3 Å². The summed E-state index contributed by atoms with van der Waals surface area (Å²) in [7, 11) is 0. The Balaban J connectivity index is 0.000000376. The summed E-state index contributed by atoms with van der Waals surface area (Å²) in [5.74, 6) is 0. The minimum Gasteiger partial charge on any atom is -0.147 e. The molecule has 3 heteroatoms. The van der Waals surface area contributed by atoms with Crippen LogP contribution in [0, 0.1) is 0 Å². The third-order valence-corrected chi connectivity index (χ3v) is 166. The van der Waals surface area contributed by atoms with Crippen molar-refractivity contribution in [3.63, 3.8) is 0 Å². The van der Waals surface area contributed by atoms with E-state index in [1.54, 1.807) is 55.1 Å². The molecule has 0 saturated carbocycles. The number of hydrogen-bond donors (Lipinski definition) is 0. The van der Waals surface area contributed by atoms with Crippen LogP contribution >= 0.6 is 24.8 Å². The first-order chi connectivity index (χ1) is 8.06. The zero-order chi connectivity index (χ0) is 10.8. The molecule has 0 aromatic heterocycles. The van der Waals surface area contributed by atoms with Gasteiger partial charge in [-0.25, -0.2) is 0 Å². The summed E-state index contributed by atoms with van der Waals surface area (Å²) < 4.78 is 15.1. The predicted octanol–water partition coefficient (Wildman–Crippen LogP) is 6.56. The summed E-state index contributed by atoms with van der Waals surface area (Å²) in [5, 5.41) is 0. The van der Waals surface area contributed by atoms with Gasteiger partial charge in [0.15, 0.2) is 0 Å². The van der Waals surface area contributed by atoms with Crippen LogP contribution in [0.5, 0.6) is 0 Å². The summed E-state index contributed by atoms with van der Waals surface area (Å²) in [6.45, 7) is 5.02. The summed E-state index contributed by atoms with van der Waals surface area (Å²) in [4.78, 5) is 0. The van der Waals surface area contributed by atoms with E-state index in [0.717, 1.165) is 0 Å². The second kappa shape index (κ2) is 0.886. The molecule has 10 saturated heterocycles. The van der Waals surface area contributed by atoms with Crippen molar-refractivity contribution in [2.75, 3.05) is 0 Å². The first kappa shape index (κ1) is 10.3. The van der Waals surface area contributed by atoms with Crippen molar-refractivity contribution in [3.05, 3.63) is 0 Å². The van der Waals surface area contributed by atoms with E-state index in [1.807, 2.05) is 0 Å². The fourth-order valence-corrected chi connectivity index (χ4v) is 425. The van der Waals surface area contributed by atoms with Crippen LogP contribution in [-0.2, 0) is 11.2 Å². The van der Waals surface area contributed by atoms with Crippen LogP contribution < -0.4 is 0 Å². The summed E-state index contributed by atoms with van der Waals surface area (Å²) in [6, 6.07) is 0. The monoisotopic (exact) mass is 466 g/mol. The van der Waals surface area contributed by atoms with E-state index in [9.17, 15) is 0 Å². The third kappa shape index (κ3) is 0.106. The van der Waals surface area contributed by atoms with Gasteiger partial charge in [-0.3, -0.25) is 0 Å². The first-order valence-corrected chi connectivity index (χ1v) is 29.3. The molecule has 0 aromatic carbocycles. The minimum atomic E-state index is -3.41. The minimum absolute atomic E-state index is 0. The van der Waals surface area contributed by atoms with Gasteiger partial charge in [-0.05, 0) is 0 Å². The molecule has 0 aromatic rings. The van der Waals surface area contributed by atoms with Gasteiger partial charge in [-0.2, -0.15) is 0 Å². The Kier molecular flexibility index (Phi) is 0.479. The summed E-state index contributed by atoms with van der Waals surface area (Å²) in [5.41, 5.74) is 0. The molecule has 4 atom stereocenters. The van der Waals surface area contributed by atoms with E-state index in [4.69, 9.17) is 0 Å². The quantitative estimate of drug-likeness (QED) is 0.412. The smallest absolute Gasteiger partial charge is 0.147 e. The molecule has 106 valence electrons. The van der Waals surface area contributed by atoms with Gasteiger partial charge in [0, 0.05) is 0 Å². The fourth-order valence-electron chi connectivity index (χ4n) is 28.1. The molecule has 0 N–H and O–H groups in total. The van der Waals surface area contributed by atoms with E-state index in [2.05, 4.69) is 13.8 Å². The van der Waals surface area contributed by atoms with E-state index >= 15 is 0 Å². The van der Waals surface area contributed by atoms with Crippen molar-refractivity contribution >= 4 is 24.8 Å². The van der Waals surface area contributed by atoms with Crippen LogP contribution in [0.4, 0.5) is 0 Å². The molecule has 1 spiro atoms. The molecule has 0 nitrogen and oxygen atoms in total. The number of rotatable bonds is 4. The van der Waals surface area contributed by atoms with Crippen molar-refractivity contribution in [2.24, 2.45) is 0 Å².